The highest BCUT2D eigenvalue weighted by atomic mass is 16.6. The molecule has 1 aromatic carbocycles. The number of fused-ring (bicyclic) bond motifs is 1. The number of nitrogens with one attached hydrogen (secondary N) is 3. The molecular formula is C18H20N4O4. The minimum Gasteiger partial charge on any atom is -0.460 e. The largest absolute Gasteiger partial charge is 0.460 e. The molecule has 3 aromatic rings. The molecule has 0 atom stereocenters. The SMILES string of the molecule is COCCOC(=O)c1c(C)[nH]c(C(=O)Nc2ccc3[nH]ncc3c2)c1C. The van der Waals surface area contributed by atoms with E-state index in [4.69, 9.17) is 9.47 Å². The summed E-state index contributed by atoms with van der Waals surface area (Å²) < 4.78 is 10.0. The van der Waals surface area contributed by atoms with E-state index in [0.29, 0.717) is 34.8 Å². The minimum atomic E-state index is -0.479. The number of hydrogen-bond donors (Lipinski definition) is 3. The van der Waals surface area contributed by atoms with Gasteiger partial charge in [0.2, 0.25) is 0 Å². The highest BCUT2D eigenvalue weighted by Crippen LogP contribution is 2.22. The van der Waals surface area contributed by atoms with Crippen LogP contribution >= 0.6 is 0 Å². The Morgan fingerprint density at radius 3 is 2.81 bits per heavy atom. The van der Waals surface area contributed by atoms with Crippen molar-refractivity contribution < 1.29 is 19.1 Å². The number of benzene rings is 1. The van der Waals surface area contributed by atoms with Gasteiger partial charge < -0.3 is 19.8 Å². The van der Waals surface area contributed by atoms with Crippen molar-refractivity contribution in [1.29, 1.82) is 0 Å². The molecule has 136 valence electrons. The summed E-state index contributed by atoms with van der Waals surface area (Å²) in [6.07, 6.45) is 1.68. The van der Waals surface area contributed by atoms with Gasteiger partial charge in [-0.15, -0.1) is 0 Å². The van der Waals surface area contributed by atoms with Crippen molar-refractivity contribution in [2.24, 2.45) is 0 Å². The maximum atomic E-state index is 12.6. The zero-order valence-electron chi connectivity index (χ0n) is 14.8. The van der Waals surface area contributed by atoms with E-state index in [1.165, 1.54) is 7.11 Å². The van der Waals surface area contributed by atoms with Crippen molar-refractivity contribution in [1.82, 2.24) is 15.2 Å². The van der Waals surface area contributed by atoms with Crippen LogP contribution in [0.5, 0.6) is 0 Å². The van der Waals surface area contributed by atoms with E-state index in [2.05, 4.69) is 20.5 Å². The summed E-state index contributed by atoms with van der Waals surface area (Å²) in [4.78, 5) is 27.8. The van der Waals surface area contributed by atoms with E-state index in [0.717, 1.165) is 10.9 Å². The first-order chi connectivity index (χ1) is 12.5. The Morgan fingerprint density at radius 1 is 1.23 bits per heavy atom. The molecule has 0 saturated heterocycles. The Balaban J connectivity index is 1.79. The second-order valence-corrected chi connectivity index (χ2v) is 5.88. The van der Waals surface area contributed by atoms with E-state index in [1.807, 2.05) is 12.1 Å². The fourth-order valence-corrected chi connectivity index (χ4v) is 2.79. The molecule has 0 aliphatic carbocycles. The number of carbonyl (C=O) groups excluding carboxylic acids is 2. The summed E-state index contributed by atoms with van der Waals surface area (Å²) in [6.45, 7) is 3.92. The van der Waals surface area contributed by atoms with Crippen LogP contribution in [0.1, 0.15) is 32.1 Å². The van der Waals surface area contributed by atoms with Gasteiger partial charge in [-0.1, -0.05) is 0 Å². The predicted molar refractivity (Wildman–Crippen MR) is 96.5 cm³/mol. The van der Waals surface area contributed by atoms with Gasteiger partial charge in [-0.3, -0.25) is 9.89 Å². The van der Waals surface area contributed by atoms with Gasteiger partial charge in [0.25, 0.3) is 5.91 Å². The van der Waals surface area contributed by atoms with Gasteiger partial charge in [-0.05, 0) is 37.6 Å². The second-order valence-electron chi connectivity index (χ2n) is 5.88. The number of aromatic amines is 2. The first-order valence-electron chi connectivity index (χ1n) is 8.11. The first-order valence-corrected chi connectivity index (χ1v) is 8.11. The number of aryl methyl sites for hydroxylation is 1. The Kier molecular flexibility index (Phi) is 5.04. The molecule has 0 aliphatic heterocycles. The monoisotopic (exact) mass is 356 g/mol. The normalized spacial score (nSPS) is 10.9. The van der Waals surface area contributed by atoms with E-state index in [9.17, 15) is 9.59 Å². The number of nitrogens with zero attached hydrogens (tertiary/aromatic N) is 1. The zero-order chi connectivity index (χ0) is 18.7. The third kappa shape index (κ3) is 3.45. The summed E-state index contributed by atoms with van der Waals surface area (Å²) in [5.41, 5.74) is 3.35. The number of rotatable bonds is 6. The number of H-pyrrole nitrogens is 2. The van der Waals surface area contributed by atoms with Gasteiger partial charge in [0, 0.05) is 23.9 Å². The van der Waals surface area contributed by atoms with Crippen molar-refractivity contribution in [3.63, 3.8) is 0 Å². The summed E-state index contributed by atoms with van der Waals surface area (Å²) >= 11 is 0. The highest BCUT2D eigenvalue weighted by Gasteiger charge is 2.23. The third-order valence-electron chi connectivity index (χ3n) is 4.09. The van der Waals surface area contributed by atoms with Crippen LogP contribution in [0.2, 0.25) is 0 Å². The number of amides is 1. The van der Waals surface area contributed by atoms with Gasteiger partial charge in [-0.25, -0.2) is 4.79 Å². The molecule has 26 heavy (non-hydrogen) atoms. The predicted octanol–water partition coefficient (Wildman–Crippen LogP) is 2.56. The molecule has 0 bridgehead atoms. The third-order valence-corrected chi connectivity index (χ3v) is 4.09. The average molecular weight is 356 g/mol. The zero-order valence-corrected chi connectivity index (χ0v) is 14.8. The fraction of sp³-hybridized carbons (Fsp3) is 0.278. The molecule has 0 unspecified atom stereocenters. The molecule has 2 heterocycles. The van der Waals surface area contributed by atoms with Crippen LogP contribution in [-0.2, 0) is 9.47 Å². The van der Waals surface area contributed by atoms with Crippen LogP contribution in [0, 0.1) is 13.8 Å². The van der Waals surface area contributed by atoms with Crippen LogP contribution in [0.3, 0.4) is 0 Å². The van der Waals surface area contributed by atoms with Crippen molar-refractivity contribution in [2.45, 2.75) is 13.8 Å². The van der Waals surface area contributed by atoms with E-state index in [1.54, 1.807) is 26.1 Å². The molecule has 3 rings (SSSR count). The van der Waals surface area contributed by atoms with Gasteiger partial charge in [-0.2, -0.15) is 5.10 Å². The molecule has 2 aromatic heterocycles. The number of anilines is 1. The molecular weight excluding hydrogens is 336 g/mol. The molecule has 3 N–H and O–H groups in total. The molecule has 0 fully saturated rings. The lowest BCUT2D eigenvalue weighted by molar-refractivity contribution is 0.0387. The summed E-state index contributed by atoms with van der Waals surface area (Å²) in [5.74, 6) is -0.809. The molecule has 0 spiro atoms. The maximum Gasteiger partial charge on any atom is 0.340 e. The van der Waals surface area contributed by atoms with E-state index >= 15 is 0 Å². The Labute approximate surface area is 149 Å². The number of ether oxygens (including phenoxy) is 2. The van der Waals surface area contributed by atoms with Crippen LogP contribution < -0.4 is 5.32 Å². The number of hydrogen-bond acceptors (Lipinski definition) is 5. The summed E-state index contributed by atoms with van der Waals surface area (Å²) in [5, 5.41) is 10.5. The van der Waals surface area contributed by atoms with Crippen molar-refractivity contribution in [3.8, 4) is 0 Å². The van der Waals surface area contributed by atoms with Gasteiger partial charge in [0.1, 0.15) is 12.3 Å². The highest BCUT2D eigenvalue weighted by molar-refractivity contribution is 6.07. The van der Waals surface area contributed by atoms with E-state index in [-0.39, 0.29) is 12.5 Å². The van der Waals surface area contributed by atoms with Crippen molar-refractivity contribution in [2.75, 3.05) is 25.6 Å². The Bertz CT molecular complexity index is 957. The van der Waals surface area contributed by atoms with Crippen LogP contribution in [0.15, 0.2) is 24.4 Å². The standard InChI is InChI=1S/C18H20N4O4/c1-10-15(18(24)26-7-6-25-3)11(2)20-16(10)17(23)21-13-4-5-14-12(8-13)9-19-22-14/h4-5,8-9,20H,6-7H2,1-3H3,(H,19,22)(H,21,23). The van der Waals surface area contributed by atoms with Gasteiger partial charge >= 0.3 is 5.97 Å². The molecule has 8 heteroatoms. The topological polar surface area (TPSA) is 109 Å². The minimum absolute atomic E-state index is 0.158. The molecule has 0 aliphatic rings. The van der Waals surface area contributed by atoms with Gasteiger partial charge in [0.15, 0.2) is 0 Å². The molecule has 0 radical (unpaired) electrons. The summed E-state index contributed by atoms with van der Waals surface area (Å²) in [7, 11) is 1.53. The van der Waals surface area contributed by atoms with Crippen LogP contribution in [-0.4, -0.2) is 47.4 Å². The van der Waals surface area contributed by atoms with Crippen LogP contribution in [0.4, 0.5) is 5.69 Å². The fourth-order valence-electron chi connectivity index (χ4n) is 2.79. The van der Waals surface area contributed by atoms with Gasteiger partial charge in [0.05, 0.1) is 23.9 Å². The maximum absolute atomic E-state index is 12.6. The molecule has 8 nitrogen and oxygen atoms in total. The van der Waals surface area contributed by atoms with Crippen molar-refractivity contribution >= 4 is 28.5 Å². The van der Waals surface area contributed by atoms with Crippen molar-refractivity contribution in [3.05, 3.63) is 46.9 Å². The van der Waals surface area contributed by atoms with Crippen LogP contribution in [0.25, 0.3) is 10.9 Å². The average Bonchev–Trinajstić information content (AvgIpc) is 3.18. The lowest BCUT2D eigenvalue weighted by Crippen LogP contribution is -2.14. The Morgan fingerprint density at radius 2 is 2.04 bits per heavy atom. The van der Waals surface area contributed by atoms with E-state index < -0.39 is 5.97 Å². The quantitative estimate of drug-likeness (QED) is 0.464. The smallest absolute Gasteiger partial charge is 0.340 e. The lowest BCUT2D eigenvalue weighted by Gasteiger charge is -2.06. The number of aromatic nitrogens is 3. The summed E-state index contributed by atoms with van der Waals surface area (Å²) in [6, 6.07) is 5.44. The molecule has 1 amide bonds. The Hall–Kier alpha value is -3.13. The number of esters is 1. The number of methoxy groups -OCH3 is 1. The second kappa shape index (κ2) is 7.40. The number of carbonyl (C=O) groups is 2. The first kappa shape index (κ1) is 17.7. The molecule has 0 saturated carbocycles. The lowest BCUT2D eigenvalue weighted by atomic mass is 10.1.